The van der Waals surface area contributed by atoms with Gasteiger partial charge in [0, 0.05) is 32.2 Å². The maximum atomic E-state index is 13.5. The molecule has 0 amide bonds. The van der Waals surface area contributed by atoms with E-state index < -0.39 is 0 Å². The van der Waals surface area contributed by atoms with Gasteiger partial charge >= 0.3 is 0 Å². The van der Waals surface area contributed by atoms with E-state index in [4.69, 9.17) is 4.74 Å². The second-order valence-corrected chi connectivity index (χ2v) is 5.51. The van der Waals surface area contributed by atoms with Crippen LogP contribution < -0.4 is 5.32 Å². The number of hydrogen-bond acceptors (Lipinski definition) is 3. The molecule has 6 heteroatoms. The normalized spacial score (nSPS) is 10.9. The molecule has 1 aromatic heterocycles. The number of nitrogens with zero attached hydrogens (tertiary/aromatic N) is 2. The van der Waals surface area contributed by atoms with Crippen LogP contribution in [0.1, 0.15) is 18.9 Å². The van der Waals surface area contributed by atoms with Gasteiger partial charge in [0.05, 0.1) is 10.2 Å². The van der Waals surface area contributed by atoms with Gasteiger partial charge in [-0.25, -0.2) is 9.37 Å². The Morgan fingerprint density at radius 3 is 3.00 bits per heavy atom. The first-order chi connectivity index (χ1) is 10.1. The van der Waals surface area contributed by atoms with E-state index in [9.17, 15) is 4.39 Å². The molecule has 2 rings (SSSR count). The fraction of sp³-hybridized carbons (Fsp3) is 0.400. The SMILES string of the molecule is CCOCCCNc1nccn1-c1cc(Br)c(F)cc1C. The lowest BCUT2D eigenvalue weighted by Gasteiger charge is -2.13. The predicted octanol–water partition coefficient (Wildman–Crippen LogP) is 3.92. The van der Waals surface area contributed by atoms with Gasteiger partial charge in [-0.15, -0.1) is 0 Å². The van der Waals surface area contributed by atoms with E-state index in [1.54, 1.807) is 12.3 Å². The molecule has 0 saturated heterocycles. The van der Waals surface area contributed by atoms with Gasteiger partial charge in [0.2, 0.25) is 5.95 Å². The third-order valence-corrected chi connectivity index (χ3v) is 3.70. The maximum Gasteiger partial charge on any atom is 0.207 e. The highest BCUT2D eigenvalue weighted by Gasteiger charge is 2.10. The van der Waals surface area contributed by atoms with Crippen LogP contribution in [0, 0.1) is 12.7 Å². The van der Waals surface area contributed by atoms with Crippen molar-refractivity contribution in [1.29, 1.82) is 0 Å². The highest BCUT2D eigenvalue weighted by atomic mass is 79.9. The summed E-state index contributed by atoms with van der Waals surface area (Å²) in [5, 5.41) is 3.27. The molecular weight excluding hydrogens is 337 g/mol. The molecule has 0 aliphatic carbocycles. The zero-order valence-corrected chi connectivity index (χ0v) is 13.8. The smallest absolute Gasteiger partial charge is 0.207 e. The molecule has 1 N–H and O–H groups in total. The molecule has 0 aliphatic rings. The van der Waals surface area contributed by atoms with E-state index in [0.717, 1.165) is 43.4 Å². The van der Waals surface area contributed by atoms with Gasteiger partial charge in [-0.3, -0.25) is 4.57 Å². The van der Waals surface area contributed by atoms with E-state index in [2.05, 4.69) is 26.2 Å². The maximum absolute atomic E-state index is 13.5. The first-order valence-corrected chi connectivity index (χ1v) is 7.73. The summed E-state index contributed by atoms with van der Waals surface area (Å²) in [5.41, 5.74) is 1.75. The molecule has 1 heterocycles. The quantitative estimate of drug-likeness (QED) is 0.765. The second kappa shape index (κ2) is 7.56. The number of aromatic nitrogens is 2. The third-order valence-electron chi connectivity index (χ3n) is 3.09. The number of aryl methyl sites for hydroxylation is 1. The van der Waals surface area contributed by atoms with Crippen molar-refractivity contribution in [2.45, 2.75) is 20.3 Å². The monoisotopic (exact) mass is 355 g/mol. The van der Waals surface area contributed by atoms with Gasteiger partial charge in [-0.05, 0) is 53.9 Å². The molecule has 2 aromatic rings. The average Bonchev–Trinajstić information content (AvgIpc) is 2.91. The molecule has 0 fully saturated rings. The zero-order chi connectivity index (χ0) is 15.2. The van der Waals surface area contributed by atoms with Gasteiger partial charge in [0.1, 0.15) is 5.82 Å². The van der Waals surface area contributed by atoms with E-state index in [1.807, 2.05) is 24.6 Å². The summed E-state index contributed by atoms with van der Waals surface area (Å²) < 4.78 is 21.2. The van der Waals surface area contributed by atoms with Crippen molar-refractivity contribution in [2.24, 2.45) is 0 Å². The largest absolute Gasteiger partial charge is 0.382 e. The minimum Gasteiger partial charge on any atom is -0.382 e. The molecular formula is C15H19BrFN3O. The Hall–Kier alpha value is -1.40. The van der Waals surface area contributed by atoms with Gasteiger partial charge in [0.15, 0.2) is 0 Å². The Bertz CT molecular complexity index is 601. The van der Waals surface area contributed by atoms with Crippen molar-refractivity contribution in [3.8, 4) is 5.69 Å². The standard InChI is InChI=1S/C15H19BrFN3O/c1-3-21-8-4-5-18-15-19-6-7-20(15)14-10-12(16)13(17)9-11(14)2/h6-7,9-10H,3-5,8H2,1-2H3,(H,18,19). The number of imidazole rings is 1. The molecule has 21 heavy (non-hydrogen) atoms. The molecule has 0 bridgehead atoms. The third kappa shape index (κ3) is 4.04. The van der Waals surface area contributed by atoms with Gasteiger partial charge < -0.3 is 10.1 Å². The summed E-state index contributed by atoms with van der Waals surface area (Å²) in [7, 11) is 0. The Labute approximate surface area is 132 Å². The number of ether oxygens (including phenoxy) is 1. The summed E-state index contributed by atoms with van der Waals surface area (Å²) in [5.74, 6) is 0.482. The zero-order valence-electron chi connectivity index (χ0n) is 12.2. The first kappa shape index (κ1) is 16.0. The van der Waals surface area contributed by atoms with Gasteiger partial charge in [0.25, 0.3) is 0 Å². The second-order valence-electron chi connectivity index (χ2n) is 4.65. The first-order valence-electron chi connectivity index (χ1n) is 6.94. The summed E-state index contributed by atoms with van der Waals surface area (Å²) in [6, 6.07) is 3.27. The lowest BCUT2D eigenvalue weighted by molar-refractivity contribution is 0.147. The van der Waals surface area contributed by atoms with Crippen LogP contribution in [0.3, 0.4) is 0 Å². The highest BCUT2D eigenvalue weighted by molar-refractivity contribution is 9.10. The predicted molar refractivity (Wildman–Crippen MR) is 85.6 cm³/mol. The van der Waals surface area contributed by atoms with Crippen molar-refractivity contribution >= 4 is 21.9 Å². The van der Waals surface area contributed by atoms with Crippen molar-refractivity contribution in [1.82, 2.24) is 9.55 Å². The number of rotatable bonds is 7. The molecule has 4 nitrogen and oxygen atoms in total. The van der Waals surface area contributed by atoms with Gasteiger partial charge in [-0.1, -0.05) is 0 Å². The number of halogens is 2. The van der Waals surface area contributed by atoms with E-state index >= 15 is 0 Å². The summed E-state index contributed by atoms with van der Waals surface area (Å²) in [6.07, 6.45) is 4.49. The molecule has 0 aliphatic heterocycles. The average molecular weight is 356 g/mol. The summed E-state index contributed by atoms with van der Waals surface area (Å²) >= 11 is 3.23. The van der Waals surface area contributed by atoms with Gasteiger partial charge in [-0.2, -0.15) is 0 Å². The molecule has 1 aromatic carbocycles. The van der Waals surface area contributed by atoms with E-state index in [1.165, 1.54) is 6.07 Å². The Morgan fingerprint density at radius 1 is 1.43 bits per heavy atom. The Kier molecular flexibility index (Phi) is 5.76. The molecule has 0 spiro atoms. The van der Waals surface area contributed by atoms with E-state index in [0.29, 0.717) is 4.47 Å². The van der Waals surface area contributed by atoms with E-state index in [-0.39, 0.29) is 5.82 Å². The Balaban J connectivity index is 2.11. The fourth-order valence-electron chi connectivity index (χ4n) is 2.04. The number of anilines is 1. The Morgan fingerprint density at radius 2 is 2.24 bits per heavy atom. The van der Waals surface area contributed by atoms with Crippen LogP contribution in [0.5, 0.6) is 0 Å². The lowest BCUT2D eigenvalue weighted by Crippen LogP contribution is -2.10. The highest BCUT2D eigenvalue weighted by Crippen LogP contribution is 2.25. The molecule has 0 unspecified atom stereocenters. The van der Waals surface area contributed by atoms with Crippen molar-refractivity contribution in [2.75, 3.05) is 25.1 Å². The van der Waals surface area contributed by atoms with Crippen molar-refractivity contribution in [3.63, 3.8) is 0 Å². The number of hydrogen-bond donors (Lipinski definition) is 1. The van der Waals surface area contributed by atoms with Crippen LogP contribution in [0.25, 0.3) is 5.69 Å². The van der Waals surface area contributed by atoms with Crippen LogP contribution in [-0.2, 0) is 4.74 Å². The van der Waals surface area contributed by atoms with Crippen LogP contribution in [0.4, 0.5) is 10.3 Å². The lowest BCUT2D eigenvalue weighted by atomic mass is 10.2. The van der Waals surface area contributed by atoms with Crippen LogP contribution in [0.15, 0.2) is 29.0 Å². The fourth-order valence-corrected chi connectivity index (χ4v) is 2.37. The van der Waals surface area contributed by atoms with Crippen molar-refractivity contribution < 1.29 is 9.13 Å². The number of benzene rings is 1. The van der Waals surface area contributed by atoms with Crippen molar-refractivity contribution in [3.05, 3.63) is 40.4 Å². The minimum atomic E-state index is -0.261. The van der Waals surface area contributed by atoms with Crippen LogP contribution in [0.2, 0.25) is 0 Å². The molecule has 0 atom stereocenters. The summed E-state index contributed by atoms with van der Waals surface area (Å²) in [6.45, 7) is 6.10. The van der Waals surface area contributed by atoms with Crippen LogP contribution in [-0.4, -0.2) is 29.3 Å². The summed E-state index contributed by atoms with van der Waals surface area (Å²) in [4.78, 5) is 4.31. The van der Waals surface area contributed by atoms with Crippen LogP contribution >= 0.6 is 15.9 Å². The molecule has 0 saturated carbocycles. The minimum absolute atomic E-state index is 0.261. The molecule has 0 radical (unpaired) electrons. The molecule has 114 valence electrons. The topological polar surface area (TPSA) is 39.1 Å². The number of nitrogens with one attached hydrogen (secondary N) is 1.